The highest BCUT2D eigenvalue weighted by atomic mass is 35.5. The monoisotopic (exact) mass is 454 g/mol. The molecule has 0 atom stereocenters. The number of hydrogen-bond donors (Lipinski definition) is 2. The molecule has 31 heavy (non-hydrogen) atoms. The lowest BCUT2D eigenvalue weighted by Crippen LogP contribution is -2.20. The number of rotatable bonds is 5. The zero-order valence-electron chi connectivity index (χ0n) is 16.2. The SMILES string of the molecule is Cc1ccc(=O)n(-c2ccc(Nc3cn(-c4c(Cl)cccc4Cl)nc3C(N)=O)cc2)n1. The first kappa shape index (κ1) is 20.6. The molecule has 1 amide bonds. The van der Waals surface area contributed by atoms with Crippen LogP contribution < -0.4 is 16.6 Å². The summed E-state index contributed by atoms with van der Waals surface area (Å²) >= 11 is 12.5. The van der Waals surface area contributed by atoms with Crippen LogP contribution in [0.1, 0.15) is 16.2 Å². The molecule has 4 aromatic rings. The quantitative estimate of drug-likeness (QED) is 0.475. The smallest absolute Gasteiger partial charge is 0.271 e. The number of primary amides is 1. The molecule has 156 valence electrons. The highest BCUT2D eigenvalue weighted by molar-refractivity contribution is 6.37. The van der Waals surface area contributed by atoms with Crippen LogP contribution in [0.4, 0.5) is 11.4 Å². The lowest BCUT2D eigenvalue weighted by molar-refractivity contribution is 0.0996. The molecule has 0 aliphatic carbocycles. The van der Waals surface area contributed by atoms with E-state index in [-0.39, 0.29) is 11.3 Å². The van der Waals surface area contributed by atoms with Crippen LogP contribution >= 0.6 is 23.2 Å². The van der Waals surface area contributed by atoms with E-state index in [0.29, 0.717) is 32.8 Å². The van der Waals surface area contributed by atoms with Crippen LogP contribution in [0.15, 0.2) is 65.6 Å². The van der Waals surface area contributed by atoms with E-state index < -0.39 is 5.91 Å². The Balaban J connectivity index is 1.68. The number of nitrogens with zero attached hydrogens (tertiary/aromatic N) is 4. The molecule has 0 bridgehead atoms. The molecule has 2 aromatic heterocycles. The Labute approximate surface area is 186 Å². The van der Waals surface area contributed by atoms with Crippen LogP contribution in [0.3, 0.4) is 0 Å². The van der Waals surface area contributed by atoms with E-state index in [4.69, 9.17) is 28.9 Å². The van der Waals surface area contributed by atoms with Gasteiger partial charge in [-0.1, -0.05) is 29.3 Å². The van der Waals surface area contributed by atoms with Gasteiger partial charge in [0.15, 0.2) is 5.69 Å². The maximum Gasteiger partial charge on any atom is 0.271 e. The predicted octanol–water partition coefficient (Wildman–Crippen LogP) is 3.88. The van der Waals surface area contributed by atoms with Gasteiger partial charge in [0.1, 0.15) is 5.69 Å². The molecule has 3 N–H and O–H groups in total. The van der Waals surface area contributed by atoms with Gasteiger partial charge in [0, 0.05) is 11.8 Å². The summed E-state index contributed by atoms with van der Waals surface area (Å²) in [7, 11) is 0. The lowest BCUT2D eigenvalue weighted by atomic mass is 10.2. The fourth-order valence-electron chi connectivity index (χ4n) is 3.00. The summed E-state index contributed by atoms with van der Waals surface area (Å²) in [5.74, 6) is -0.712. The minimum Gasteiger partial charge on any atom is -0.364 e. The first-order chi connectivity index (χ1) is 14.8. The molecule has 0 fully saturated rings. The van der Waals surface area contributed by atoms with Gasteiger partial charge in [0.2, 0.25) is 0 Å². The molecular formula is C21H16Cl2N6O2. The molecule has 0 aliphatic heterocycles. The van der Waals surface area contributed by atoms with E-state index in [9.17, 15) is 9.59 Å². The van der Waals surface area contributed by atoms with E-state index in [1.807, 2.05) is 0 Å². The molecule has 10 heteroatoms. The lowest BCUT2D eigenvalue weighted by Gasteiger charge is -2.08. The predicted molar refractivity (Wildman–Crippen MR) is 120 cm³/mol. The number of para-hydroxylation sites is 1. The van der Waals surface area contributed by atoms with Gasteiger partial charge in [-0.25, -0.2) is 4.68 Å². The second-order valence-electron chi connectivity index (χ2n) is 6.67. The summed E-state index contributed by atoms with van der Waals surface area (Å²) in [6.45, 7) is 1.81. The maximum atomic E-state index is 12.1. The number of anilines is 2. The Hall–Kier alpha value is -3.62. The highest BCUT2D eigenvalue weighted by Crippen LogP contribution is 2.30. The Kier molecular flexibility index (Phi) is 5.50. The molecule has 0 saturated heterocycles. The first-order valence-corrected chi connectivity index (χ1v) is 9.87. The fourth-order valence-corrected chi connectivity index (χ4v) is 3.57. The van der Waals surface area contributed by atoms with Crippen LogP contribution in [0.2, 0.25) is 10.0 Å². The van der Waals surface area contributed by atoms with E-state index >= 15 is 0 Å². The summed E-state index contributed by atoms with van der Waals surface area (Å²) in [6, 6.07) is 15.1. The highest BCUT2D eigenvalue weighted by Gasteiger charge is 2.18. The van der Waals surface area contributed by atoms with Gasteiger partial charge in [-0.05, 0) is 49.4 Å². The summed E-state index contributed by atoms with van der Waals surface area (Å²) in [6.07, 6.45) is 1.58. The van der Waals surface area contributed by atoms with Gasteiger partial charge >= 0.3 is 0 Å². The van der Waals surface area contributed by atoms with E-state index in [0.717, 1.165) is 5.69 Å². The molecule has 2 aromatic carbocycles. The number of aryl methyl sites for hydroxylation is 1. The van der Waals surface area contributed by atoms with Crippen molar-refractivity contribution in [2.45, 2.75) is 6.92 Å². The van der Waals surface area contributed by atoms with Crippen LogP contribution in [0.5, 0.6) is 0 Å². The zero-order valence-corrected chi connectivity index (χ0v) is 17.7. The average molecular weight is 455 g/mol. The second-order valence-corrected chi connectivity index (χ2v) is 7.48. The normalized spacial score (nSPS) is 10.8. The van der Waals surface area contributed by atoms with Crippen molar-refractivity contribution in [1.82, 2.24) is 19.6 Å². The summed E-state index contributed by atoms with van der Waals surface area (Å²) in [5.41, 5.74) is 8.07. The maximum absolute atomic E-state index is 12.1. The number of amides is 1. The number of carbonyl (C=O) groups is 1. The number of benzene rings is 2. The first-order valence-electron chi connectivity index (χ1n) is 9.12. The number of nitrogens with two attached hydrogens (primary N) is 1. The average Bonchev–Trinajstić information content (AvgIpc) is 3.14. The Morgan fingerprint density at radius 2 is 1.68 bits per heavy atom. The van der Waals surface area contributed by atoms with Gasteiger partial charge in [-0.15, -0.1) is 0 Å². The fraction of sp³-hybridized carbons (Fsp3) is 0.0476. The topological polar surface area (TPSA) is 108 Å². The van der Waals surface area contributed by atoms with Gasteiger partial charge in [-0.2, -0.15) is 14.9 Å². The Morgan fingerprint density at radius 1 is 1.00 bits per heavy atom. The van der Waals surface area contributed by atoms with Crippen LogP contribution in [-0.4, -0.2) is 25.5 Å². The molecule has 0 saturated carbocycles. The number of nitrogens with one attached hydrogen (secondary N) is 1. The number of aromatic nitrogens is 4. The third kappa shape index (κ3) is 4.16. The Morgan fingerprint density at radius 3 is 2.32 bits per heavy atom. The molecular weight excluding hydrogens is 439 g/mol. The molecule has 8 nitrogen and oxygen atoms in total. The summed E-state index contributed by atoms with van der Waals surface area (Å²) in [5, 5.41) is 12.3. The molecule has 0 spiro atoms. The standard InChI is InChI=1S/C21H16Cl2N6O2/c1-12-5-10-18(30)29(26-12)14-8-6-13(7-9-14)25-17-11-28(27-19(17)21(24)31)20-15(22)3-2-4-16(20)23/h2-11,25H,1H3,(H2,24,31). The number of halogens is 2. The minimum atomic E-state index is -0.712. The third-order valence-electron chi connectivity index (χ3n) is 4.44. The van der Waals surface area contributed by atoms with E-state index in [1.165, 1.54) is 15.4 Å². The van der Waals surface area contributed by atoms with Gasteiger partial charge in [-0.3, -0.25) is 9.59 Å². The van der Waals surface area contributed by atoms with Crippen molar-refractivity contribution in [3.8, 4) is 11.4 Å². The van der Waals surface area contributed by atoms with Gasteiger partial charge in [0.05, 0.1) is 33.3 Å². The zero-order chi connectivity index (χ0) is 22.1. The van der Waals surface area contributed by atoms with Crippen molar-refractivity contribution in [3.05, 3.63) is 92.6 Å². The molecule has 0 radical (unpaired) electrons. The second kappa shape index (κ2) is 8.25. The molecule has 0 unspecified atom stereocenters. The summed E-state index contributed by atoms with van der Waals surface area (Å²) in [4.78, 5) is 24.0. The Bertz CT molecular complexity index is 1320. The van der Waals surface area contributed by atoms with Crippen molar-refractivity contribution >= 4 is 40.5 Å². The third-order valence-corrected chi connectivity index (χ3v) is 5.05. The van der Waals surface area contributed by atoms with E-state index in [1.54, 1.807) is 61.7 Å². The molecule has 2 heterocycles. The van der Waals surface area contributed by atoms with Crippen molar-refractivity contribution in [1.29, 1.82) is 0 Å². The van der Waals surface area contributed by atoms with Crippen molar-refractivity contribution in [2.24, 2.45) is 5.73 Å². The van der Waals surface area contributed by atoms with Crippen molar-refractivity contribution < 1.29 is 4.79 Å². The molecule has 0 aliphatic rings. The minimum absolute atomic E-state index is 0.0247. The van der Waals surface area contributed by atoms with Gasteiger partial charge < -0.3 is 11.1 Å². The van der Waals surface area contributed by atoms with Crippen LogP contribution in [0, 0.1) is 6.92 Å². The van der Waals surface area contributed by atoms with Crippen LogP contribution in [0.25, 0.3) is 11.4 Å². The van der Waals surface area contributed by atoms with E-state index in [2.05, 4.69) is 15.5 Å². The van der Waals surface area contributed by atoms with Crippen molar-refractivity contribution in [3.63, 3.8) is 0 Å². The van der Waals surface area contributed by atoms with Crippen molar-refractivity contribution in [2.75, 3.05) is 5.32 Å². The largest absolute Gasteiger partial charge is 0.364 e. The number of carbonyl (C=O) groups excluding carboxylic acids is 1. The molecule has 4 rings (SSSR count). The summed E-state index contributed by atoms with van der Waals surface area (Å²) < 4.78 is 2.71. The van der Waals surface area contributed by atoms with Crippen LogP contribution in [-0.2, 0) is 0 Å². The number of hydrogen-bond acceptors (Lipinski definition) is 5. The van der Waals surface area contributed by atoms with Gasteiger partial charge in [0.25, 0.3) is 11.5 Å².